The number of rotatable bonds is 5. The monoisotopic (exact) mass is 470 g/mol. The molecule has 142 valence electrons. The number of fused-ring (bicyclic) bond motifs is 1. The molecule has 1 aromatic carbocycles. The SMILES string of the molecule is CCNC(=NCc1ccc(C(C)O)cc1)NC1CCc2ncnn2C1.I. The molecule has 0 aliphatic carbocycles. The highest BCUT2D eigenvalue weighted by atomic mass is 127. The molecule has 3 rings (SSSR count). The third-order valence-corrected chi connectivity index (χ3v) is 4.37. The fourth-order valence-electron chi connectivity index (χ4n) is 2.94. The van der Waals surface area contributed by atoms with E-state index in [4.69, 9.17) is 0 Å². The summed E-state index contributed by atoms with van der Waals surface area (Å²) >= 11 is 0. The zero-order valence-corrected chi connectivity index (χ0v) is 17.6. The van der Waals surface area contributed by atoms with Crippen LogP contribution in [0.1, 0.15) is 43.3 Å². The van der Waals surface area contributed by atoms with E-state index in [0.29, 0.717) is 12.6 Å². The van der Waals surface area contributed by atoms with Gasteiger partial charge in [0.25, 0.3) is 0 Å². The van der Waals surface area contributed by atoms with Crippen molar-refractivity contribution < 1.29 is 5.11 Å². The summed E-state index contributed by atoms with van der Waals surface area (Å²) in [5, 5.41) is 20.6. The maximum atomic E-state index is 9.58. The van der Waals surface area contributed by atoms with Crippen LogP contribution in [0.15, 0.2) is 35.6 Å². The molecule has 0 amide bonds. The van der Waals surface area contributed by atoms with E-state index < -0.39 is 6.10 Å². The van der Waals surface area contributed by atoms with Gasteiger partial charge in [-0.25, -0.2) is 14.7 Å². The average molecular weight is 470 g/mol. The second-order valence-electron chi connectivity index (χ2n) is 6.35. The van der Waals surface area contributed by atoms with Gasteiger partial charge in [-0.05, 0) is 31.4 Å². The zero-order chi connectivity index (χ0) is 17.6. The first kappa shape index (κ1) is 20.6. The first-order valence-corrected chi connectivity index (χ1v) is 8.84. The Balaban J connectivity index is 0.00000243. The minimum Gasteiger partial charge on any atom is -0.389 e. The second-order valence-corrected chi connectivity index (χ2v) is 6.35. The Labute approximate surface area is 171 Å². The van der Waals surface area contributed by atoms with E-state index in [1.54, 1.807) is 13.3 Å². The smallest absolute Gasteiger partial charge is 0.191 e. The number of benzene rings is 1. The lowest BCUT2D eigenvalue weighted by Gasteiger charge is -2.25. The Morgan fingerprint density at radius 3 is 2.85 bits per heavy atom. The van der Waals surface area contributed by atoms with Crippen molar-refractivity contribution in [3.63, 3.8) is 0 Å². The van der Waals surface area contributed by atoms with Crippen LogP contribution in [0.4, 0.5) is 0 Å². The van der Waals surface area contributed by atoms with Crippen molar-refractivity contribution in [3.8, 4) is 0 Å². The molecule has 2 heterocycles. The summed E-state index contributed by atoms with van der Waals surface area (Å²) in [6.07, 6.45) is 3.13. The van der Waals surface area contributed by atoms with Crippen molar-refractivity contribution in [3.05, 3.63) is 47.5 Å². The summed E-state index contributed by atoms with van der Waals surface area (Å²) in [6, 6.07) is 8.21. The first-order valence-electron chi connectivity index (χ1n) is 8.84. The predicted molar refractivity (Wildman–Crippen MR) is 113 cm³/mol. The lowest BCUT2D eigenvalue weighted by Crippen LogP contribution is -2.47. The van der Waals surface area contributed by atoms with Crippen LogP contribution in [-0.4, -0.2) is 38.4 Å². The molecule has 2 unspecified atom stereocenters. The zero-order valence-electron chi connectivity index (χ0n) is 15.2. The molecular weight excluding hydrogens is 443 g/mol. The third kappa shape index (κ3) is 5.41. The number of aliphatic imine (C=N–C) groups is 1. The van der Waals surface area contributed by atoms with Crippen LogP contribution in [0.25, 0.3) is 0 Å². The summed E-state index contributed by atoms with van der Waals surface area (Å²) in [5.74, 6) is 1.87. The lowest BCUT2D eigenvalue weighted by molar-refractivity contribution is 0.199. The van der Waals surface area contributed by atoms with E-state index in [1.807, 2.05) is 28.9 Å². The molecule has 26 heavy (non-hydrogen) atoms. The summed E-state index contributed by atoms with van der Waals surface area (Å²) in [7, 11) is 0. The van der Waals surface area contributed by atoms with Gasteiger partial charge in [-0.2, -0.15) is 5.10 Å². The van der Waals surface area contributed by atoms with Crippen molar-refractivity contribution in [1.29, 1.82) is 0 Å². The molecule has 2 atom stereocenters. The standard InChI is InChI=1S/C18H26N6O.HI/c1-3-19-18(20-10-14-4-6-15(7-5-14)13(2)25)23-16-8-9-17-21-12-22-24(17)11-16;/h4-7,12-13,16,25H,3,8-11H2,1-2H3,(H2,19,20,23);1H. The van der Waals surface area contributed by atoms with Crippen LogP contribution in [0.5, 0.6) is 0 Å². The number of aliphatic hydroxyl groups excluding tert-OH is 1. The number of hydrogen-bond donors (Lipinski definition) is 3. The molecule has 0 saturated carbocycles. The van der Waals surface area contributed by atoms with Crippen molar-refractivity contribution in [2.75, 3.05) is 6.54 Å². The number of halogens is 1. The Hall–Kier alpha value is -1.68. The van der Waals surface area contributed by atoms with E-state index in [-0.39, 0.29) is 24.0 Å². The molecular formula is C18H27IN6O. The normalized spacial score (nSPS) is 17.8. The van der Waals surface area contributed by atoms with E-state index >= 15 is 0 Å². The van der Waals surface area contributed by atoms with E-state index in [9.17, 15) is 5.11 Å². The third-order valence-electron chi connectivity index (χ3n) is 4.37. The molecule has 0 bridgehead atoms. The van der Waals surface area contributed by atoms with Crippen LogP contribution in [0.3, 0.4) is 0 Å². The molecule has 3 N–H and O–H groups in total. The van der Waals surface area contributed by atoms with Crippen molar-refractivity contribution in [2.45, 2.75) is 51.9 Å². The molecule has 0 fully saturated rings. The minimum absolute atomic E-state index is 0. The lowest BCUT2D eigenvalue weighted by atomic mass is 10.1. The molecule has 0 spiro atoms. The Morgan fingerprint density at radius 2 is 2.15 bits per heavy atom. The molecule has 1 aliphatic heterocycles. The number of nitrogens with zero attached hydrogens (tertiary/aromatic N) is 4. The molecule has 2 aromatic rings. The van der Waals surface area contributed by atoms with Crippen LogP contribution < -0.4 is 10.6 Å². The highest BCUT2D eigenvalue weighted by Crippen LogP contribution is 2.14. The van der Waals surface area contributed by atoms with Gasteiger partial charge < -0.3 is 15.7 Å². The topological polar surface area (TPSA) is 87.4 Å². The summed E-state index contributed by atoms with van der Waals surface area (Å²) in [4.78, 5) is 8.95. The maximum Gasteiger partial charge on any atom is 0.191 e. The fraction of sp³-hybridized carbons (Fsp3) is 0.500. The van der Waals surface area contributed by atoms with Gasteiger partial charge in [0.15, 0.2) is 5.96 Å². The minimum atomic E-state index is -0.440. The number of aryl methyl sites for hydroxylation is 1. The number of nitrogens with one attached hydrogen (secondary N) is 2. The van der Waals surface area contributed by atoms with Crippen LogP contribution in [0, 0.1) is 0 Å². The van der Waals surface area contributed by atoms with E-state index in [2.05, 4.69) is 32.6 Å². The summed E-state index contributed by atoms with van der Waals surface area (Å²) in [6.45, 7) is 6.05. The Kier molecular flexibility index (Phi) is 7.83. The van der Waals surface area contributed by atoms with Crippen molar-refractivity contribution in [2.24, 2.45) is 4.99 Å². The second kappa shape index (κ2) is 9.86. The van der Waals surface area contributed by atoms with E-state index in [0.717, 1.165) is 48.8 Å². The van der Waals surface area contributed by atoms with Gasteiger partial charge in [0.05, 0.1) is 19.2 Å². The van der Waals surface area contributed by atoms with Gasteiger partial charge in [-0.1, -0.05) is 24.3 Å². The van der Waals surface area contributed by atoms with Crippen molar-refractivity contribution >= 4 is 29.9 Å². The van der Waals surface area contributed by atoms with Gasteiger partial charge in [0, 0.05) is 19.0 Å². The molecule has 0 radical (unpaired) electrons. The van der Waals surface area contributed by atoms with Gasteiger partial charge >= 0.3 is 0 Å². The average Bonchev–Trinajstić information content (AvgIpc) is 3.08. The first-order chi connectivity index (χ1) is 12.2. The van der Waals surface area contributed by atoms with Gasteiger partial charge in [0.2, 0.25) is 0 Å². The largest absolute Gasteiger partial charge is 0.389 e. The molecule has 8 heteroatoms. The van der Waals surface area contributed by atoms with Crippen LogP contribution in [-0.2, 0) is 19.5 Å². The number of aromatic nitrogens is 3. The highest BCUT2D eigenvalue weighted by molar-refractivity contribution is 14.0. The number of hydrogen-bond acceptors (Lipinski definition) is 4. The number of guanidine groups is 1. The van der Waals surface area contributed by atoms with Gasteiger partial charge in [0.1, 0.15) is 12.2 Å². The Bertz CT molecular complexity index is 713. The molecule has 7 nitrogen and oxygen atoms in total. The quantitative estimate of drug-likeness (QED) is 0.354. The van der Waals surface area contributed by atoms with Crippen LogP contribution in [0.2, 0.25) is 0 Å². The Morgan fingerprint density at radius 1 is 1.38 bits per heavy atom. The van der Waals surface area contributed by atoms with Gasteiger partial charge in [-0.3, -0.25) is 0 Å². The summed E-state index contributed by atoms with van der Waals surface area (Å²) < 4.78 is 1.96. The van der Waals surface area contributed by atoms with E-state index in [1.165, 1.54) is 0 Å². The van der Waals surface area contributed by atoms with Crippen LogP contribution >= 0.6 is 24.0 Å². The molecule has 1 aliphatic rings. The molecule has 0 saturated heterocycles. The number of aliphatic hydroxyl groups is 1. The molecule has 1 aromatic heterocycles. The maximum absolute atomic E-state index is 9.58. The predicted octanol–water partition coefficient (Wildman–Crippen LogP) is 2.02. The van der Waals surface area contributed by atoms with Gasteiger partial charge in [-0.15, -0.1) is 24.0 Å². The highest BCUT2D eigenvalue weighted by Gasteiger charge is 2.20. The summed E-state index contributed by atoms with van der Waals surface area (Å²) in [5.41, 5.74) is 2.03. The fourth-order valence-corrected chi connectivity index (χ4v) is 2.94. The van der Waals surface area contributed by atoms with Crippen molar-refractivity contribution in [1.82, 2.24) is 25.4 Å².